The Bertz CT molecular complexity index is 1300. The van der Waals surface area contributed by atoms with E-state index in [1.165, 1.54) is 17.8 Å². The predicted octanol–water partition coefficient (Wildman–Crippen LogP) is 5.53. The van der Waals surface area contributed by atoms with Gasteiger partial charge in [-0.05, 0) is 48.9 Å². The molecule has 0 radical (unpaired) electrons. The van der Waals surface area contributed by atoms with Crippen LogP contribution in [0.25, 0.3) is 17.1 Å². The van der Waals surface area contributed by atoms with Crippen LogP contribution in [0.2, 0.25) is 5.02 Å². The lowest BCUT2D eigenvalue weighted by molar-refractivity contribution is -0.120. The monoisotopic (exact) mass is 496 g/mol. The van der Waals surface area contributed by atoms with Crippen molar-refractivity contribution in [3.8, 4) is 22.8 Å². The first kappa shape index (κ1) is 23.8. The number of hydrogen-bond acceptors (Lipinski definition) is 5. The van der Waals surface area contributed by atoms with Gasteiger partial charge in [-0.3, -0.25) is 9.36 Å². The fourth-order valence-corrected chi connectivity index (χ4v) is 4.41. The summed E-state index contributed by atoms with van der Waals surface area (Å²) >= 11 is 7.58. The maximum atomic E-state index is 14.8. The Morgan fingerprint density at radius 3 is 2.50 bits per heavy atom. The normalized spacial score (nSPS) is 11.8. The number of rotatable bonds is 8. The average molecular weight is 497 g/mol. The molecule has 0 aliphatic rings. The van der Waals surface area contributed by atoms with E-state index >= 15 is 0 Å². The van der Waals surface area contributed by atoms with E-state index in [4.69, 9.17) is 16.3 Å². The second-order valence-corrected chi connectivity index (χ2v) is 9.11. The third kappa shape index (κ3) is 5.24. The molecule has 3 aromatic carbocycles. The van der Waals surface area contributed by atoms with E-state index in [0.29, 0.717) is 28.1 Å². The maximum absolute atomic E-state index is 14.8. The molecule has 6 nitrogen and oxygen atoms in total. The quantitative estimate of drug-likeness (QED) is 0.325. The molecule has 1 aromatic heterocycles. The molecule has 1 unspecified atom stereocenters. The van der Waals surface area contributed by atoms with Crippen molar-refractivity contribution < 1.29 is 13.9 Å². The van der Waals surface area contributed by atoms with Gasteiger partial charge in [0, 0.05) is 12.1 Å². The van der Waals surface area contributed by atoms with Gasteiger partial charge in [0.25, 0.3) is 0 Å². The molecule has 0 saturated heterocycles. The molecule has 0 saturated carbocycles. The van der Waals surface area contributed by atoms with Gasteiger partial charge in [-0.2, -0.15) is 0 Å². The smallest absolute Gasteiger partial charge is 0.233 e. The van der Waals surface area contributed by atoms with Crippen LogP contribution in [0.15, 0.2) is 78.0 Å². The van der Waals surface area contributed by atoms with Crippen LogP contribution in [0.4, 0.5) is 4.39 Å². The van der Waals surface area contributed by atoms with Crippen molar-refractivity contribution in [2.24, 2.45) is 0 Å². The van der Waals surface area contributed by atoms with Crippen LogP contribution in [0.1, 0.15) is 12.5 Å². The van der Waals surface area contributed by atoms with Crippen LogP contribution in [-0.2, 0) is 11.3 Å². The number of thioether (sulfide) groups is 1. The zero-order valence-electron chi connectivity index (χ0n) is 18.5. The van der Waals surface area contributed by atoms with Gasteiger partial charge in [0.2, 0.25) is 5.91 Å². The number of halogens is 2. The Morgan fingerprint density at radius 2 is 1.79 bits per heavy atom. The fraction of sp³-hybridized carbons (Fsp3) is 0.160. The van der Waals surface area contributed by atoms with Crippen LogP contribution in [0.3, 0.4) is 0 Å². The zero-order valence-corrected chi connectivity index (χ0v) is 20.1. The number of carbonyl (C=O) groups is 1. The summed E-state index contributed by atoms with van der Waals surface area (Å²) in [7, 11) is 1.60. The number of carbonyl (C=O) groups excluding carboxylic acids is 1. The maximum Gasteiger partial charge on any atom is 0.233 e. The number of amides is 1. The van der Waals surface area contributed by atoms with Crippen molar-refractivity contribution >= 4 is 29.3 Å². The highest BCUT2D eigenvalue weighted by Gasteiger charge is 2.24. The second kappa shape index (κ2) is 10.7. The van der Waals surface area contributed by atoms with E-state index in [1.54, 1.807) is 55.0 Å². The summed E-state index contributed by atoms with van der Waals surface area (Å²) in [5.41, 5.74) is 1.83. The van der Waals surface area contributed by atoms with Crippen molar-refractivity contribution in [2.75, 3.05) is 7.11 Å². The Kier molecular flexibility index (Phi) is 7.49. The fourth-order valence-electron chi connectivity index (χ4n) is 3.30. The summed E-state index contributed by atoms with van der Waals surface area (Å²) in [6.45, 7) is 2.14. The first-order valence-electron chi connectivity index (χ1n) is 10.5. The lowest BCUT2D eigenvalue weighted by Gasteiger charge is -2.15. The first-order chi connectivity index (χ1) is 16.5. The van der Waals surface area contributed by atoms with E-state index in [0.717, 1.165) is 11.3 Å². The van der Waals surface area contributed by atoms with Gasteiger partial charge in [-0.15, -0.1) is 10.2 Å². The predicted molar refractivity (Wildman–Crippen MR) is 132 cm³/mol. The average Bonchev–Trinajstić information content (AvgIpc) is 3.26. The molecule has 0 fully saturated rings. The van der Waals surface area contributed by atoms with E-state index in [9.17, 15) is 9.18 Å². The Balaban J connectivity index is 1.58. The van der Waals surface area contributed by atoms with Gasteiger partial charge in [0.15, 0.2) is 11.0 Å². The number of nitrogens with one attached hydrogen (secondary N) is 1. The Hall–Kier alpha value is -3.36. The van der Waals surface area contributed by atoms with Crippen LogP contribution in [0, 0.1) is 5.82 Å². The first-order valence-corrected chi connectivity index (χ1v) is 11.8. The highest BCUT2D eigenvalue weighted by atomic mass is 35.5. The summed E-state index contributed by atoms with van der Waals surface area (Å²) in [6.07, 6.45) is 0. The third-order valence-corrected chi connectivity index (χ3v) is 6.49. The summed E-state index contributed by atoms with van der Waals surface area (Å²) in [6, 6.07) is 21.0. The number of methoxy groups -OCH3 is 1. The van der Waals surface area contributed by atoms with E-state index in [1.807, 2.05) is 30.3 Å². The molecule has 4 aromatic rings. The summed E-state index contributed by atoms with van der Waals surface area (Å²) < 4.78 is 21.5. The van der Waals surface area contributed by atoms with Gasteiger partial charge in [-0.25, -0.2) is 4.39 Å². The highest BCUT2D eigenvalue weighted by Crippen LogP contribution is 2.34. The molecule has 34 heavy (non-hydrogen) atoms. The van der Waals surface area contributed by atoms with Crippen molar-refractivity contribution in [3.05, 3.63) is 89.2 Å². The molecule has 0 bridgehead atoms. The number of para-hydroxylation sites is 1. The number of nitrogens with zero attached hydrogens (tertiary/aromatic N) is 3. The van der Waals surface area contributed by atoms with Gasteiger partial charge in [-0.1, -0.05) is 59.8 Å². The van der Waals surface area contributed by atoms with Crippen molar-refractivity contribution in [3.63, 3.8) is 0 Å². The van der Waals surface area contributed by atoms with E-state index in [-0.39, 0.29) is 11.6 Å². The zero-order chi connectivity index (χ0) is 24.1. The molecule has 0 aliphatic carbocycles. The number of aromatic nitrogens is 3. The molecule has 174 valence electrons. The lowest BCUT2D eigenvalue weighted by atomic mass is 10.2. The van der Waals surface area contributed by atoms with Crippen LogP contribution in [0.5, 0.6) is 5.75 Å². The Morgan fingerprint density at radius 1 is 1.09 bits per heavy atom. The van der Waals surface area contributed by atoms with Crippen molar-refractivity contribution in [1.82, 2.24) is 20.1 Å². The molecule has 4 rings (SSSR count). The van der Waals surface area contributed by atoms with Crippen LogP contribution < -0.4 is 10.1 Å². The lowest BCUT2D eigenvalue weighted by Crippen LogP contribution is -2.30. The van der Waals surface area contributed by atoms with Crippen LogP contribution >= 0.6 is 23.4 Å². The summed E-state index contributed by atoms with van der Waals surface area (Å²) in [5, 5.41) is 11.8. The minimum atomic E-state index is -0.507. The highest BCUT2D eigenvalue weighted by molar-refractivity contribution is 8.00. The third-order valence-electron chi connectivity index (χ3n) is 5.12. The Labute approximate surface area is 206 Å². The molecule has 1 amide bonds. The molecule has 0 aliphatic heterocycles. The number of ether oxygens (including phenoxy) is 1. The molecular formula is C25H22ClFN4O2S. The molecule has 1 heterocycles. The van der Waals surface area contributed by atoms with E-state index in [2.05, 4.69) is 15.5 Å². The molecule has 0 spiro atoms. The number of hydrogen-bond donors (Lipinski definition) is 1. The minimum Gasteiger partial charge on any atom is -0.497 e. The topological polar surface area (TPSA) is 69.0 Å². The van der Waals surface area contributed by atoms with Crippen molar-refractivity contribution in [2.45, 2.75) is 23.9 Å². The molecule has 1 atom stereocenters. The molecule has 9 heteroatoms. The van der Waals surface area contributed by atoms with Gasteiger partial charge in [0.05, 0.1) is 23.1 Å². The summed E-state index contributed by atoms with van der Waals surface area (Å²) in [5.74, 6) is 0.530. The SMILES string of the molecule is COc1ccc(CNC(=O)C(C)Sc2nnc(-c3ccccc3Cl)n2-c2ccccc2F)cc1. The molecule has 1 N–H and O–H groups in total. The standard InChI is InChI=1S/C25H22ClFN4O2S/c1-16(24(32)28-15-17-11-13-18(33-2)14-12-17)34-25-30-29-23(19-7-3-4-8-20(19)26)31(25)22-10-6-5-9-21(22)27/h3-14,16H,15H2,1-2H3,(H,28,32). The van der Waals surface area contributed by atoms with Gasteiger partial charge >= 0.3 is 0 Å². The van der Waals surface area contributed by atoms with E-state index < -0.39 is 11.1 Å². The van der Waals surface area contributed by atoms with Gasteiger partial charge < -0.3 is 10.1 Å². The second-order valence-electron chi connectivity index (χ2n) is 7.40. The number of benzene rings is 3. The van der Waals surface area contributed by atoms with Crippen molar-refractivity contribution in [1.29, 1.82) is 0 Å². The summed E-state index contributed by atoms with van der Waals surface area (Å²) in [4.78, 5) is 12.8. The molecular weight excluding hydrogens is 475 g/mol. The van der Waals surface area contributed by atoms with Crippen LogP contribution in [-0.4, -0.2) is 33.0 Å². The van der Waals surface area contributed by atoms with Gasteiger partial charge in [0.1, 0.15) is 11.6 Å². The minimum absolute atomic E-state index is 0.178. The largest absolute Gasteiger partial charge is 0.497 e.